The van der Waals surface area contributed by atoms with Crippen molar-refractivity contribution in [3.63, 3.8) is 0 Å². The number of carbonyl (C=O) groups is 2. The highest BCUT2D eigenvalue weighted by Gasteiger charge is 2.04. The predicted molar refractivity (Wildman–Crippen MR) is 74.2 cm³/mol. The predicted octanol–water partition coefficient (Wildman–Crippen LogP) is 2.96. The highest BCUT2D eigenvalue weighted by Crippen LogP contribution is 2.17. The van der Waals surface area contributed by atoms with Crippen LogP contribution in [-0.2, 0) is 4.79 Å². The molecule has 0 atom stereocenters. The smallest absolute Gasteiger partial charge is 0.412 e. The highest BCUT2D eigenvalue weighted by molar-refractivity contribution is 9.10. The van der Waals surface area contributed by atoms with E-state index in [1.807, 2.05) is 6.07 Å². The highest BCUT2D eigenvalue weighted by atomic mass is 79.9. The lowest BCUT2D eigenvalue weighted by Crippen LogP contribution is -2.27. The van der Waals surface area contributed by atoms with Gasteiger partial charge in [0.1, 0.15) is 5.75 Å². The Morgan fingerprint density at radius 2 is 2.21 bits per heavy atom. The van der Waals surface area contributed by atoms with Crippen LogP contribution in [0.3, 0.4) is 0 Å². The largest absolute Gasteiger partial charge is 0.478 e. The Morgan fingerprint density at radius 3 is 2.84 bits per heavy atom. The normalized spacial score (nSPS) is 10.9. The molecule has 0 aliphatic heterocycles. The van der Waals surface area contributed by atoms with E-state index in [0.29, 0.717) is 18.7 Å². The van der Waals surface area contributed by atoms with Crippen molar-refractivity contribution in [1.82, 2.24) is 5.32 Å². The molecule has 0 saturated carbocycles. The number of amides is 1. The minimum absolute atomic E-state index is 0.252. The fourth-order valence-corrected chi connectivity index (χ4v) is 1.60. The number of hydrogen-bond acceptors (Lipinski definition) is 3. The van der Waals surface area contributed by atoms with Gasteiger partial charge < -0.3 is 15.2 Å². The molecule has 0 saturated heterocycles. The number of benzene rings is 1. The van der Waals surface area contributed by atoms with Gasteiger partial charge in [-0.05, 0) is 31.5 Å². The Labute approximate surface area is 119 Å². The van der Waals surface area contributed by atoms with Gasteiger partial charge in [-0.1, -0.05) is 28.1 Å². The third-order valence-corrected chi connectivity index (χ3v) is 2.70. The second-order valence-electron chi connectivity index (χ2n) is 3.75. The van der Waals surface area contributed by atoms with Gasteiger partial charge in [0, 0.05) is 16.6 Å². The minimum atomic E-state index is -0.961. The first kappa shape index (κ1) is 15.2. The van der Waals surface area contributed by atoms with Crippen LogP contribution in [0.2, 0.25) is 0 Å². The number of halogens is 1. The van der Waals surface area contributed by atoms with Gasteiger partial charge in [-0.25, -0.2) is 9.59 Å². The van der Waals surface area contributed by atoms with Crippen molar-refractivity contribution in [3.8, 4) is 5.75 Å². The molecule has 6 heteroatoms. The van der Waals surface area contributed by atoms with E-state index >= 15 is 0 Å². The summed E-state index contributed by atoms with van der Waals surface area (Å²) < 4.78 is 5.85. The molecule has 0 spiro atoms. The van der Waals surface area contributed by atoms with E-state index in [1.165, 1.54) is 6.92 Å². The SMILES string of the molecule is C/C(=C\CCNC(=O)Oc1cccc(Br)c1)C(=O)O. The molecule has 0 fully saturated rings. The van der Waals surface area contributed by atoms with Crippen LogP contribution in [0.15, 0.2) is 40.4 Å². The van der Waals surface area contributed by atoms with Crippen LogP contribution in [0.5, 0.6) is 5.75 Å². The minimum Gasteiger partial charge on any atom is -0.478 e. The van der Waals surface area contributed by atoms with E-state index in [4.69, 9.17) is 9.84 Å². The number of carboxylic acids is 1. The van der Waals surface area contributed by atoms with Crippen molar-refractivity contribution in [2.45, 2.75) is 13.3 Å². The summed E-state index contributed by atoms with van der Waals surface area (Å²) in [4.78, 5) is 21.9. The molecule has 1 aromatic rings. The van der Waals surface area contributed by atoms with Gasteiger partial charge in [0.15, 0.2) is 0 Å². The molecule has 0 heterocycles. The van der Waals surface area contributed by atoms with Crippen LogP contribution in [0.25, 0.3) is 0 Å². The van der Waals surface area contributed by atoms with Crippen molar-refractivity contribution in [2.75, 3.05) is 6.54 Å². The topological polar surface area (TPSA) is 75.6 Å². The number of hydrogen-bond donors (Lipinski definition) is 2. The Balaban J connectivity index is 2.33. The lowest BCUT2D eigenvalue weighted by atomic mass is 10.2. The zero-order chi connectivity index (χ0) is 14.3. The van der Waals surface area contributed by atoms with E-state index in [-0.39, 0.29) is 5.57 Å². The van der Waals surface area contributed by atoms with Crippen molar-refractivity contribution >= 4 is 28.0 Å². The van der Waals surface area contributed by atoms with Crippen molar-refractivity contribution in [3.05, 3.63) is 40.4 Å². The molecular formula is C13H14BrNO4. The summed E-state index contributed by atoms with van der Waals surface area (Å²) >= 11 is 3.27. The first-order chi connectivity index (χ1) is 8.99. The molecule has 0 bridgehead atoms. The molecular weight excluding hydrogens is 314 g/mol. The van der Waals surface area contributed by atoms with Crippen molar-refractivity contribution in [1.29, 1.82) is 0 Å². The lowest BCUT2D eigenvalue weighted by Gasteiger charge is -2.05. The Kier molecular flexibility index (Phi) is 6.08. The molecule has 0 radical (unpaired) electrons. The van der Waals surface area contributed by atoms with E-state index < -0.39 is 12.1 Å². The second kappa shape index (κ2) is 7.58. The van der Waals surface area contributed by atoms with E-state index in [9.17, 15) is 9.59 Å². The Morgan fingerprint density at radius 1 is 1.47 bits per heavy atom. The number of ether oxygens (including phenoxy) is 1. The lowest BCUT2D eigenvalue weighted by molar-refractivity contribution is -0.132. The zero-order valence-electron chi connectivity index (χ0n) is 10.4. The summed E-state index contributed by atoms with van der Waals surface area (Å²) in [5.74, 6) is -0.527. The summed E-state index contributed by atoms with van der Waals surface area (Å²) in [5.41, 5.74) is 0.252. The van der Waals surface area contributed by atoms with Gasteiger partial charge in [0.25, 0.3) is 0 Å². The molecule has 0 aromatic heterocycles. The summed E-state index contributed by atoms with van der Waals surface area (Å²) in [6, 6.07) is 6.92. The maximum atomic E-state index is 11.4. The van der Waals surface area contributed by atoms with E-state index in [0.717, 1.165) is 4.47 Å². The summed E-state index contributed by atoms with van der Waals surface area (Å²) in [5, 5.41) is 11.2. The average Bonchev–Trinajstić information content (AvgIpc) is 2.34. The molecule has 5 nitrogen and oxygen atoms in total. The molecule has 0 aliphatic carbocycles. The molecule has 102 valence electrons. The number of carbonyl (C=O) groups excluding carboxylic acids is 1. The van der Waals surface area contributed by atoms with E-state index in [1.54, 1.807) is 24.3 Å². The summed E-state index contributed by atoms with van der Waals surface area (Å²) in [6.07, 6.45) is 1.41. The van der Waals surface area contributed by atoms with Gasteiger partial charge >= 0.3 is 12.1 Å². The number of carboxylic acid groups (broad SMARTS) is 1. The van der Waals surface area contributed by atoms with Crippen LogP contribution < -0.4 is 10.1 Å². The fourth-order valence-electron chi connectivity index (χ4n) is 1.22. The zero-order valence-corrected chi connectivity index (χ0v) is 11.9. The third-order valence-electron chi connectivity index (χ3n) is 2.21. The van der Waals surface area contributed by atoms with Gasteiger partial charge in [-0.2, -0.15) is 0 Å². The van der Waals surface area contributed by atoms with Crippen LogP contribution in [0.1, 0.15) is 13.3 Å². The first-order valence-corrected chi connectivity index (χ1v) is 6.39. The number of nitrogens with one attached hydrogen (secondary N) is 1. The van der Waals surface area contributed by atoms with Crippen LogP contribution in [-0.4, -0.2) is 23.7 Å². The van der Waals surface area contributed by atoms with Gasteiger partial charge in [-0.3, -0.25) is 0 Å². The van der Waals surface area contributed by atoms with Crippen molar-refractivity contribution < 1.29 is 19.4 Å². The molecule has 0 unspecified atom stereocenters. The fraction of sp³-hybridized carbons (Fsp3) is 0.231. The molecule has 1 aromatic carbocycles. The van der Waals surface area contributed by atoms with Gasteiger partial charge in [-0.15, -0.1) is 0 Å². The quantitative estimate of drug-likeness (QED) is 0.644. The average molecular weight is 328 g/mol. The maximum Gasteiger partial charge on any atom is 0.412 e. The first-order valence-electron chi connectivity index (χ1n) is 5.60. The molecule has 1 rings (SSSR count). The molecule has 19 heavy (non-hydrogen) atoms. The monoisotopic (exact) mass is 327 g/mol. The molecule has 2 N–H and O–H groups in total. The van der Waals surface area contributed by atoms with Crippen LogP contribution in [0, 0.1) is 0 Å². The molecule has 1 amide bonds. The van der Waals surface area contributed by atoms with Crippen LogP contribution in [0.4, 0.5) is 4.79 Å². The molecule has 0 aliphatic rings. The number of rotatable bonds is 5. The van der Waals surface area contributed by atoms with Gasteiger partial charge in [0.2, 0.25) is 0 Å². The number of aliphatic carboxylic acids is 1. The maximum absolute atomic E-state index is 11.4. The second-order valence-corrected chi connectivity index (χ2v) is 4.67. The van der Waals surface area contributed by atoms with Gasteiger partial charge in [0.05, 0.1) is 0 Å². The van der Waals surface area contributed by atoms with Crippen LogP contribution >= 0.6 is 15.9 Å². The van der Waals surface area contributed by atoms with E-state index in [2.05, 4.69) is 21.2 Å². The Bertz CT molecular complexity index is 499. The third kappa shape index (κ3) is 6.05. The van der Waals surface area contributed by atoms with Crippen molar-refractivity contribution in [2.24, 2.45) is 0 Å². The Hall–Kier alpha value is -1.82. The standard InChI is InChI=1S/C13H14BrNO4/c1-9(12(16)17)4-3-7-15-13(18)19-11-6-2-5-10(14)8-11/h2,4-6,8H,3,7H2,1H3,(H,15,18)(H,16,17)/b9-4+. The summed E-state index contributed by atoms with van der Waals surface area (Å²) in [6.45, 7) is 1.82. The summed E-state index contributed by atoms with van der Waals surface area (Å²) in [7, 11) is 0.